The van der Waals surface area contributed by atoms with Crippen molar-refractivity contribution in [3.05, 3.63) is 22.4 Å². The van der Waals surface area contributed by atoms with Crippen molar-refractivity contribution >= 4 is 21.4 Å². The summed E-state index contributed by atoms with van der Waals surface area (Å²) in [6.07, 6.45) is 1.73. The molecule has 0 bridgehead atoms. The number of nitrogens with one attached hydrogen (secondary N) is 1. The summed E-state index contributed by atoms with van der Waals surface area (Å²) in [6.45, 7) is 7.43. The molecule has 0 amide bonds. The number of hydrogen-bond donors (Lipinski definition) is 1. The number of likely N-dealkylation sites (tertiary alicyclic amines) is 1. The monoisotopic (exact) mass is 316 g/mol. The number of rotatable bonds is 6. The van der Waals surface area contributed by atoms with Crippen molar-refractivity contribution < 1.29 is 8.42 Å². The van der Waals surface area contributed by atoms with Crippen LogP contribution in [-0.2, 0) is 16.4 Å². The Kier molecular flexibility index (Phi) is 5.23. The maximum atomic E-state index is 12.2. The smallest absolute Gasteiger partial charge is 0.216 e. The van der Waals surface area contributed by atoms with Crippen LogP contribution in [0.2, 0.25) is 0 Å². The Morgan fingerprint density at radius 3 is 2.80 bits per heavy atom. The van der Waals surface area contributed by atoms with Crippen LogP contribution in [0, 0.1) is 0 Å². The van der Waals surface area contributed by atoms with Crippen LogP contribution in [0.4, 0.5) is 0 Å². The molecule has 2 atom stereocenters. The van der Waals surface area contributed by atoms with Gasteiger partial charge in [0.1, 0.15) is 0 Å². The van der Waals surface area contributed by atoms with Crippen LogP contribution in [0.1, 0.15) is 32.8 Å². The summed E-state index contributed by atoms with van der Waals surface area (Å²) >= 11 is 1.71. The lowest BCUT2D eigenvalue weighted by Crippen LogP contribution is -2.41. The highest BCUT2D eigenvalue weighted by molar-refractivity contribution is 7.90. The van der Waals surface area contributed by atoms with Crippen LogP contribution in [0.25, 0.3) is 0 Å². The van der Waals surface area contributed by atoms with Crippen molar-refractivity contribution in [2.45, 2.75) is 50.9 Å². The molecule has 2 heterocycles. The summed E-state index contributed by atoms with van der Waals surface area (Å²) in [5.41, 5.74) is 1.34. The first-order valence-corrected chi connectivity index (χ1v) is 9.63. The molecule has 0 saturated carbocycles. The lowest BCUT2D eigenvalue weighted by molar-refractivity contribution is 0.258. The number of thiophene rings is 1. The van der Waals surface area contributed by atoms with Gasteiger partial charge in [0.2, 0.25) is 10.0 Å². The minimum absolute atomic E-state index is 0.0303. The molecule has 1 aromatic rings. The Morgan fingerprint density at radius 1 is 1.45 bits per heavy atom. The van der Waals surface area contributed by atoms with Gasteiger partial charge in [-0.05, 0) is 62.5 Å². The van der Waals surface area contributed by atoms with E-state index < -0.39 is 10.0 Å². The van der Waals surface area contributed by atoms with Crippen molar-refractivity contribution in [1.29, 1.82) is 0 Å². The minimum Gasteiger partial charge on any atom is -0.299 e. The second kappa shape index (κ2) is 6.56. The Hall–Kier alpha value is -0.430. The van der Waals surface area contributed by atoms with E-state index >= 15 is 0 Å². The van der Waals surface area contributed by atoms with Crippen LogP contribution < -0.4 is 4.72 Å². The average molecular weight is 316 g/mol. The normalized spacial score (nSPS) is 22.5. The van der Waals surface area contributed by atoms with E-state index in [1.165, 1.54) is 5.56 Å². The lowest BCUT2D eigenvalue weighted by atomic mass is 10.1. The molecule has 0 spiro atoms. The van der Waals surface area contributed by atoms with E-state index in [-0.39, 0.29) is 11.3 Å². The second-order valence-electron chi connectivity index (χ2n) is 5.91. The van der Waals surface area contributed by atoms with Gasteiger partial charge in [0.05, 0.1) is 5.25 Å². The topological polar surface area (TPSA) is 49.4 Å². The molecule has 1 fully saturated rings. The highest BCUT2D eigenvalue weighted by Crippen LogP contribution is 2.21. The number of sulfonamides is 1. The van der Waals surface area contributed by atoms with E-state index in [1.807, 2.05) is 13.8 Å². The standard InChI is InChI=1S/C14H24N2O2S2/c1-11(2)15-20(17,18)14-4-6-16(9-14)12(3)8-13-5-7-19-10-13/h5,7,10-12,14-15H,4,6,8-9H2,1-3H3/t12-,14-/m1/s1. The summed E-state index contributed by atoms with van der Waals surface area (Å²) < 4.78 is 27.1. The van der Waals surface area contributed by atoms with Gasteiger partial charge in [-0.2, -0.15) is 11.3 Å². The zero-order valence-corrected chi connectivity index (χ0v) is 14.0. The molecule has 6 heteroatoms. The van der Waals surface area contributed by atoms with Gasteiger partial charge >= 0.3 is 0 Å². The van der Waals surface area contributed by atoms with Crippen molar-refractivity contribution in [3.8, 4) is 0 Å². The molecule has 1 N–H and O–H groups in total. The molecule has 0 aromatic carbocycles. The molecule has 1 aromatic heterocycles. The molecular weight excluding hydrogens is 292 g/mol. The number of hydrogen-bond acceptors (Lipinski definition) is 4. The molecule has 1 saturated heterocycles. The molecule has 4 nitrogen and oxygen atoms in total. The largest absolute Gasteiger partial charge is 0.299 e. The third kappa shape index (κ3) is 4.04. The molecule has 1 aliphatic heterocycles. The summed E-state index contributed by atoms with van der Waals surface area (Å²) in [6, 6.07) is 2.51. The fraction of sp³-hybridized carbons (Fsp3) is 0.714. The molecule has 0 unspecified atom stereocenters. The van der Waals surface area contributed by atoms with Crippen molar-refractivity contribution in [3.63, 3.8) is 0 Å². The van der Waals surface area contributed by atoms with Crippen LogP contribution in [0.3, 0.4) is 0 Å². The van der Waals surface area contributed by atoms with Gasteiger partial charge in [0, 0.05) is 18.6 Å². The SMILES string of the molecule is CC(C)NS(=O)(=O)[C@@H]1CCN([C@H](C)Cc2ccsc2)C1. The zero-order valence-electron chi connectivity index (χ0n) is 12.4. The fourth-order valence-corrected chi connectivity index (χ4v) is 5.05. The predicted molar refractivity (Wildman–Crippen MR) is 84.7 cm³/mol. The first kappa shape index (κ1) is 15.9. The third-order valence-corrected chi connectivity index (χ3v) is 6.54. The summed E-state index contributed by atoms with van der Waals surface area (Å²) in [4.78, 5) is 2.29. The van der Waals surface area contributed by atoms with E-state index in [2.05, 4.69) is 33.4 Å². The van der Waals surface area contributed by atoms with Gasteiger partial charge in [-0.3, -0.25) is 4.90 Å². The second-order valence-corrected chi connectivity index (χ2v) is 8.68. The number of nitrogens with zero attached hydrogens (tertiary/aromatic N) is 1. The van der Waals surface area contributed by atoms with E-state index in [1.54, 1.807) is 11.3 Å². The zero-order chi connectivity index (χ0) is 14.8. The summed E-state index contributed by atoms with van der Waals surface area (Å²) in [5, 5.41) is 3.99. The van der Waals surface area contributed by atoms with Gasteiger partial charge in [-0.1, -0.05) is 0 Å². The quantitative estimate of drug-likeness (QED) is 0.874. The Bertz CT molecular complexity index is 511. The minimum atomic E-state index is -3.18. The van der Waals surface area contributed by atoms with Gasteiger partial charge in [0.15, 0.2) is 0 Å². The van der Waals surface area contributed by atoms with Gasteiger partial charge in [-0.15, -0.1) is 0 Å². The first-order chi connectivity index (χ1) is 9.38. The lowest BCUT2D eigenvalue weighted by Gasteiger charge is -2.24. The molecule has 114 valence electrons. The summed E-state index contributed by atoms with van der Waals surface area (Å²) in [5.74, 6) is 0. The van der Waals surface area contributed by atoms with Gasteiger partial charge in [0.25, 0.3) is 0 Å². The van der Waals surface area contributed by atoms with Crippen molar-refractivity contribution in [1.82, 2.24) is 9.62 Å². The van der Waals surface area contributed by atoms with Crippen LogP contribution in [0.15, 0.2) is 16.8 Å². The first-order valence-electron chi connectivity index (χ1n) is 7.14. The predicted octanol–water partition coefficient (Wildman–Crippen LogP) is 2.08. The molecule has 0 aliphatic carbocycles. The van der Waals surface area contributed by atoms with E-state index in [9.17, 15) is 8.42 Å². The molecule has 2 rings (SSSR count). The Labute approximate surface area is 126 Å². The fourth-order valence-electron chi connectivity index (χ4n) is 2.71. The summed E-state index contributed by atoms with van der Waals surface area (Å²) in [7, 11) is -3.18. The molecule has 0 radical (unpaired) electrons. The van der Waals surface area contributed by atoms with Crippen molar-refractivity contribution in [2.24, 2.45) is 0 Å². The van der Waals surface area contributed by atoms with E-state index in [0.29, 0.717) is 12.6 Å². The van der Waals surface area contributed by atoms with Crippen LogP contribution >= 0.6 is 11.3 Å². The van der Waals surface area contributed by atoms with Gasteiger partial charge < -0.3 is 0 Å². The average Bonchev–Trinajstić information content (AvgIpc) is 2.97. The molecular formula is C14H24N2O2S2. The van der Waals surface area contributed by atoms with Crippen LogP contribution in [-0.4, -0.2) is 43.7 Å². The van der Waals surface area contributed by atoms with E-state index in [0.717, 1.165) is 19.4 Å². The Balaban J connectivity index is 1.91. The van der Waals surface area contributed by atoms with Crippen LogP contribution in [0.5, 0.6) is 0 Å². The molecule has 1 aliphatic rings. The highest BCUT2D eigenvalue weighted by atomic mass is 32.2. The Morgan fingerprint density at radius 2 is 2.20 bits per heavy atom. The maximum Gasteiger partial charge on any atom is 0.216 e. The third-order valence-electron chi connectivity index (χ3n) is 3.75. The maximum absolute atomic E-state index is 12.2. The van der Waals surface area contributed by atoms with E-state index in [4.69, 9.17) is 0 Å². The van der Waals surface area contributed by atoms with Crippen molar-refractivity contribution in [2.75, 3.05) is 13.1 Å². The molecule has 20 heavy (non-hydrogen) atoms. The van der Waals surface area contributed by atoms with Gasteiger partial charge in [-0.25, -0.2) is 13.1 Å². The highest BCUT2D eigenvalue weighted by Gasteiger charge is 2.34.